The maximum Gasteiger partial charge on any atom is 0.131 e. The number of benzene rings is 1. The van der Waals surface area contributed by atoms with Crippen LogP contribution in [0.1, 0.15) is 23.5 Å². The highest BCUT2D eigenvalue weighted by molar-refractivity contribution is 5.59. The summed E-state index contributed by atoms with van der Waals surface area (Å²) in [6.45, 7) is 2.50. The van der Waals surface area contributed by atoms with E-state index in [-0.39, 0.29) is 5.82 Å². The first-order chi connectivity index (χ1) is 13.2. The number of halogens is 1. The van der Waals surface area contributed by atoms with Crippen molar-refractivity contribution in [3.8, 4) is 17.0 Å². The Morgan fingerprint density at radius 2 is 1.96 bits per heavy atom. The molecule has 0 unspecified atom stereocenters. The number of aromatic nitrogens is 2. The van der Waals surface area contributed by atoms with E-state index in [9.17, 15) is 4.39 Å². The Hall–Kier alpha value is -2.79. The minimum Gasteiger partial charge on any atom is -0.497 e. The summed E-state index contributed by atoms with van der Waals surface area (Å²) in [7, 11) is 1.55. The lowest BCUT2D eigenvalue weighted by atomic mass is 9.97. The first-order valence-corrected chi connectivity index (χ1v) is 9.14. The van der Waals surface area contributed by atoms with Crippen LogP contribution in [0.15, 0.2) is 61.1 Å². The monoisotopic (exact) mass is 363 g/mol. The first kappa shape index (κ1) is 17.6. The van der Waals surface area contributed by atoms with Gasteiger partial charge in [-0.05, 0) is 54.8 Å². The van der Waals surface area contributed by atoms with Crippen LogP contribution in [0.5, 0.6) is 5.75 Å². The summed E-state index contributed by atoms with van der Waals surface area (Å²) < 4.78 is 19.3. The predicted octanol–water partition coefficient (Wildman–Crippen LogP) is 4.28. The van der Waals surface area contributed by atoms with Gasteiger partial charge in [0.15, 0.2) is 0 Å². The van der Waals surface area contributed by atoms with Crippen molar-refractivity contribution in [2.45, 2.75) is 18.9 Å². The van der Waals surface area contributed by atoms with Gasteiger partial charge in [0.05, 0.1) is 12.8 Å². The number of hydrogen-bond acceptors (Lipinski definition) is 4. The van der Waals surface area contributed by atoms with E-state index in [1.807, 2.05) is 30.5 Å². The number of nitrogens with zero attached hydrogens (tertiary/aromatic N) is 3. The molecule has 0 bridgehead atoms. The Kier molecular flexibility index (Phi) is 5.12. The average Bonchev–Trinajstić information content (AvgIpc) is 3.19. The van der Waals surface area contributed by atoms with Crippen molar-refractivity contribution in [2.75, 3.05) is 20.2 Å². The maximum absolute atomic E-state index is 14.2. The standard InChI is InChI=1S/C22H22FN3O/c1-27-20-3-2-19(21(23)13-20)15-26-11-7-18(14-26)17-6-10-25-22(12-17)16-4-8-24-9-5-16/h2-6,8-10,12-13,18H,7,11,14-15H2,1H3/t18-/m1/s1. The Bertz CT molecular complexity index is 916. The lowest BCUT2D eigenvalue weighted by molar-refractivity contribution is 0.320. The molecular weight excluding hydrogens is 341 g/mol. The second-order valence-corrected chi connectivity index (χ2v) is 6.89. The van der Waals surface area contributed by atoms with Crippen molar-refractivity contribution in [3.63, 3.8) is 0 Å². The van der Waals surface area contributed by atoms with Crippen LogP contribution < -0.4 is 4.74 Å². The zero-order valence-electron chi connectivity index (χ0n) is 15.3. The molecule has 3 heterocycles. The molecule has 27 heavy (non-hydrogen) atoms. The Morgan fingerprint density at radius 1 is 1.11 bits per heavy atom. The van der Waals surface area contributed by atoms with Gasteiger partial charge in [-0.2, -0.15) is 0 Å². The van der Waals surface area contributed by atoms with E-state index in [4.69, 9.17) is 4.74 Å². The molecule has 0 spiro atoms. The average molecular weight is 363 g/mol. The van der Waals surface area contributed by atoms with Crippen molar-refractivity contribution in [1.82, 2.24) is 14.9 Å². The van der Waals surface area contributed by atoms with Crippen LogP contribution in [0.25, 0.3) is 11.3 Å². The summed E-state index contributed by atoms with van der Waals surface area (Å²) in [5.41, 5.74) is 4.04. The molecule has 1 fully saturated rings. The molecule has 1 atom stereocenters. The third-order valence-corrected chi connectivity index (χ3v) is 5.16. The second kappa shape index (κ2) is 7.84. The molecule has 0 amide bonds. The summed E-state index contributed by atoms with van der Waals surface area (Å²) in [4.78, 5) is 10.9. The zero-order chi connectivity index (χ0) is 18.6. The van der Waals surface area contributed by atoms with Crippen LogP contribution >= 0.6 is 0 Å². The molecule has 0 saturated carbocycles. The normalized spacial score (nSPS) is 17.2. The van der Waals surface area contributed by atoms with Gasteiger partial charge in [0.2, 0.25) is 0 Å². The van der Waals surface area contributed by atoms with Crippen LogP contribution in [-0.2, 0) is 6.54 Å². The van der Waals surface area contributed by atoms with Crippen molar-refractivity contribution < 1.29 is 9.13 Å². The number of ether oxygens (including phenoxy) is 1. The lowest BCUT2D eigenvalue weighted by Gasteiger charge is -2.17. The summed E-state index contributed by atoms with van der Waals surface area (Å²) in [6, 6.07) is 13.3. The van der Waals surface area contributed by atoms with Crippen LogP contribution in [0.2, 0.25) is 0 Å². The molecule has 4 rings (SSSR count). The molecule has 0 N–H and O–H groups in total. The van der Waals surface area contributed by atoms with Gasteiger partial charge >= 0.3 is 0 Å². The highest BCUT2D eigenvalue weighted by Gasteiger charge is 2.25. The molecule has 0 radical (unpaired) electrons. The molecular formula is C22H22FN3O. The Balaban J connectivity index is 1.45. The summed E-state index contributed by atoms with van der Waals surface area (Å²) in [5, 5.41) is 0. The minimum absolute atomic E-state index is 0.207. The van der Waals surface area contributed by atoms with E-state index >= 15 is 0 Å². The molecule has 1 aromatic carbocycles. The Morgan fingerprint density at radius 3 is 2.74 bits per heavy atom. The second-order valence-electron chi connectivity index (χ2n) is 6.89. The van der Waals surface area contributed by atoms with Gasteiger partial charge in [0.25, 0.3) is 0 Å². The van der Waals surface area contributed by atoms with Gasteiger partial charge in [-0.15, -0.1) is 0 Å². The smallest absolute Gasteiger partial charge is 0.131 e. The molecule has 4 nitrogen and oxygen atoms in total. The van der Waals surface area contributed by atoms with Crippen molar-refractivity contribution in [3.05, 3.63) is 78.0 Å². The van der Waals surface area contributed by atoms with Gasteiger partial charge < -0.3 is 4.74 Å². The summed E-state index contributed by atoms with van der Waals surface area (Å²) in [5.74, 6) is 0.785. The number of methoxy groups -OCH3 is 1. The molecule has 1 saturated heterocycles. The maximum atomic E-state index is 14.2. The summed E-state index contributed by atoms with van der Waals surface area (Å²) >= 11 is 0. The molecule has 138 valence electrons. The minimum atomic E-state index is -0.207. The van der Waals surface area contributed by atoms with E-state index in [2.05, 4.69) is 27.0 Å². The molecule has 3 aromatic rings. The fourth-order valence-electron chi connectivity index (χ4n) is 3.65. The highest BCUT2D eigenvalue weighted by Crippen LogP contribution is 2.30. The third-order valence-electron chi connectivity index (χ3n) is 5.16. The van der Waals surface area contributed by atoms with E-state index in [0.717, 1.165) is 30.8 Å². The van der Waals surface area contributed by atoms with Crippen molar-refractivity contribution in [2.24, 2.45) is 0 Å². The van der Waals surface area contributed by atoms with Crippen LogP contribution in [-0.4, -0.2) is 35.1 Å². The third kappa shape index (κ3) is 3.98. The molecule has 1 aliphatic rings. The van der Waals surface area contributed by atoms with Gasteiger partial charge in [0, 0.05) is 48.9 Å². The Labute approximate surface area is 158 Å². The number of likely N-dealkylation sites (tertiary alicyclic amines) is 1. The van der Waals surface area contributed by atoms with Crippen LogP contribution in [0.4, 0.5) is 4.39 Å². The van der Waals surface area contributed by atoms with Crippen molar-refractivity contribution >= 4 is 0 Å². The van der Waals surface area contributed by atoms with E-state index in [1.165, 1.54) is 11.6 Å². The summed E-state index contributed by atoms with van der Waals surface area (Å²) in [6.07, 6.45) is 6.50. The van der Waals surface area contributed by atoms with Crippen LogP contribution in [0, 0.1) is 5.82 Å². The van der Waals surface area contributed by atoms with Gasteiger partial charge in [-0.25, -0.2) is 4.39 Å². The van der Waals surface area contributed by atoms with Gasteiger partial charge in [-0.3, -0.25) is 14.9 Å². The fourth-order valence-corrected chi connectivity index (χ4v) is 3.65. The van der Waals surface area contributed by atoms with E-state index in [0.29, 0.717) is 23.8 Å². The predicted molar refractivity (Wildman–Crippen MR) is 103 cm³/mol. The molecule has 2 aromatic heterocycles. The molecule has 1 aliphatic heterocycles. The highest BCUT2D eigenvalue weighted by atomic mass is 19.1. The van der Waals surface area contributed by atoms with Crippen molar-refractivity contribution in [1.29, 1.82) is 0 Å². The van der Waals surface area contributed by atoms with Gasteiger partial charge in [-0.1, -0.05) is 6.07 Å². The largest absolute Gasteiger partial charge is 0.497 e. The topological polar surface area (TPSA) is 38.2 Å². The van der Waals surface area contributed by atoms with E-state index in [1.54, 1.807) is 19.5 Å². The zero-order valence-corrected chi connectivity index (χ0v) is 15.3. The quantitative estimate of drug-likeness (QED) is 0.678. The number of hydrogen-bond donors (Lipinski definition) is 0. The van der Waals surface area contributed by atoms with Gasteiger partial charge in [0.1, 0.15) is 11.6 Å². The van der Waals surface area contributed by atoms with E-state index < -0.39 is 0 Å². The molecule has 5 heteroatoms. The number of pyridine rings is 2. The molecule has 0 aliphatic carbocycles. The van der Waals surface area contributed by atoms with Crippen LogP contribution in [0.3, 0.4) is 0 Å². The first-order valence-electron chi connectivity index (χ1n) is 9.14. The number of rotatable bonds is 5. The SMILES string of the molecule is COc1ccc(CN2CC[C@@H](c3ccnc(-c4ccncc4)c3)C2)c(F)c1. The lowest BCUT2D eigenvalue weighted by Crippen LogP contribution is -2.20. The fraction of sp³-hybridized carbons (Fsp3) is 0.273.